The topological polar surface area (TPSA) is 102 Å². The molecule has 0 aliphatic carbocycles. The van der Waals surface area contributed by atoms with Gasteiger partial charge in [-0.1, -0.05) is 17.3 Å². The number of amides is 2. The van der Waals surface area contributed by atoms with Crippen molar-refractivity contribution in [1.82, 2.24) is 30.2 Å². The molecule has 0 saturated carbocycles. The molecule has 1 N–H and O–H groups in total. The van der Waals surface area contributed by atoms with Crippen LogP contribution in [0.25, 0.3) is 16.5 Å². The average molecular weight is 394 g/mol. The van der Waals surface area contributed by atoms with Crippen molar-refractivity contribution in [2.45, 2.75) is 25.8 Å². The number of hydrogen-bond acceptors (Lipinski definition) is 6. The maximum Gasteiger partial charge on any atom is 0.409 e. The summed E-state index contributed by atoms with van der Waals surface area (Å²) < 4.78 is 6.44. The fraction of sp³-hybridized carbons (Fsp3) is 0.350. The van der Waals surface area contributed by atoms with Gasteiger partial charge in [0.25, 0.3) is 5.91 Å². The van der Waals surface area contributed by atoms with Gasteiger partial charge in [-0.25, -0.2) is 9.48 Å². The van der Waals surface area contributed by atoms with E-state index in [9.17, 15) is 9.59 Å². The van der Waals surface area contributed by atoms with Gasteiger partial charge in [0.15, 0.2) is 5.69 Å². The summed E-state index contributed by atoms with van der Waals surface area (Å²) in [5.41, 5.74) is 1.75. The number of aromatic nitrogens is 4. The molecule has 150 valence electrons. The van der Waals surface area contributed by atoms with Crippen LogP contribution in [-0.2, 0) is 4.74 Å². The van der Waals surface area contributed by atoms with E-state index in [2.05, 4.69) is 20.6 Å². The van der Waals surface area contributed by atoms with E-state index < -0.39 is 0 Å². The van der Waals surface area contributed by atoms with Crippen molar-refractivity contribution in [3.05, 3.63) is 48.0 Å². The van der Waals surface area contributed by atoms with Gasteiger partial charge in [-0.2, -0.15) is 0 Å². The molecule has 1 saturated heterocycles. The first-order valence-electron chi connectivity index (χ1n) is 9.47. The first kappa shape index (κ1) is 18.9. The van der Waals surface area contributed by atoms with Crippen LogP contribution in [0, 0.1) is 6.92 Å². The third kappa shape index (κ3) is 3.63. The van der Waals surface area contributed by atoms with E-state index in [-0.39, 0.29) is 23.7 Å². The van der Waals surface area contributed by atoms with E-state index in [1.807, 2.05) is 31.2 Å². The highest BCUT2D eigenvalue weighted by molar-refractivity contribution is 5.94. The molecule has 3 heterocycles. The van der Waals surface area contributed by atoms with Crippen LogP contribution in [0.3, 0.4) is 0 Å². The number of benzene rings is 1. The zero-order valence-corrected chi connectivity index (χ0v) is 16.3. The van der Waals surface area contributed by atoms with Crippen molar-refractivity contribution in [1.29, 1.82) is 0 Å². The Hall–Kier alpha value is -3.49. The highest BCUT2D eigenvalue weighted by Gasteiger charge is 2.27. The summed E-state index contributed by atoms with van der Waals surface area (Å²) in [7, 11) is 1.36. The third-order valence-corrected chi connectivity index (χ3v) is 5.18. The van der Waals surface area contributed by atoms with Crippen molar-refractivity contribution >= 4 is 22.8 Å². The molecule has 0 bridgehead atoms. The summed E-state index contributed by atoms with van der Waals surface area (Å²) in [6, 6.07) is 7.59. The van der Waals surface area contributed by atoms with E-state index in [1.165, 1.54) is 7.11 Å². The van der Waals surface area contributed by atoms with Gasteiger partial charge >= 0.3 is 6.09 Å². The van der Waals surface area contributed by atoms with Crippen molar-refractivity contribution in [2.24, 2.45) is 0 Å². The molecule has 9 heteroatoms. The van der Waals surface area contributed by atoms with Gasteiger partial charge in [-0.05, 0) is 31.9 Å². The predicted molar refractivity (Wildman–Crippen MR) is 106 cm³/mol. The Morgan fingerprint density at radius 2 is 2.14 bits per heavy atom. The molecule has 1 aliphatic rings. The summed E-state index contributed by atoms with van der Waals surface area (Å²) >= 11 is 0. The van der Waals surface area contributed by atoms with Crippen LogP contribution >= 0.6 is 0 Å². The molecule has 1 fully saturated rings. The molecule has 0 spiro atoms. The number of nitrogens with zero attached hydrogens (tertiary/aromatic N) is 5. The lowest BCUT2D eigenvalue weighted by Gasteiger charge is -2.31. The minimum absolute atomic E-state index is 0.150. The monoisotopic (exact) mass is 394 g/mol. The average Bonchev–Trinajstić information content (AvgIpc) is 3.14. The van der Waals surface area contributed by atoms with E-state index in [0.29, 0.717) is 18.8 Å². The number of pyridine rings is 1. The Morgan fingerprint density at radius 3 is 2.97 bits per heavy atom. The van der Waals surface area contributed by atoms with Crippen LogP contribution in [-0.4, -0.2) is 63.1 Å². The summed E-state index contributed by atoms with van der Waals surface area (Å²) in [4.78, 5) is 30.3. The second-order valence-corrected chi connectivity index (χ2v) is 7.04. The number of fused-ring (bicyclic) bond motifs is 1. The second kappa shape index (κ2) is 7.86. The van der Waals surface area contributed by atoms with Crippen LogP contribution in [0.15, 0.2) is 36.7 Å². The van der Waals surface area contributed by atoms with Crippen LogP contribution in [0.4, 0.5) is 4.79 Å². The Labute approximate surface area is 167 Å². The van der Waals surface area contributed by atoms with Gasteiger partial charge in [-0.3, -0.25) is 9.78 Å². The zero-order valence-electron chi connectivity index (χ0n) is 16.3. The minimum Gasteiger partial charge on any atom is -0.453 e. The van der Waals surface area contributed by atoms with E-state index >= 15 is 0 Å². The summed E-state index contributed by atoms with van der Waals surface area (Å²) in [6.45, 7) is 2.86. The first-order valence-corrected chi connectivity index (χ1v) is 9.47. The molecule has 4 rings (SSSR count). The van der Waals surface area contributed by atoms with E-state index in [4.69, 9.17) is 4.74 Å². The number of rotatable bonds is 3. The Balaban J connectivity index is 1.55. The molecule has 0 radical (unpaired) electrons. The first-order chi connectivity index (χ1) is 14.1. The standard InChI is InChI=1S/C20H22N6O3/c1-13-18(19(27)22-15-6-4-10-25(12-15)20(28)29-2)23-24-26(13)17-7-3-5-14-11-21-9-8-16(14)17/h3,5,7-9,11,15H,4,6,10,12H2,1-2H3,(H,22,27). The number of hydrogen-bond donors (Lipinski definition) is 1. The maximum absolute atomic E-state index is 12.8. The van der Waals surface area contributed by atoms with Crippen LogP contribution in [0.1, 0.15) is 29.0 Å². The Morgan fingerprint density at radius 1 is 1.28 bits per heavy atom. The van der Waals surface area contributed by atoms with Crippen molar-refractivity contribution < 1.29 is 14.3 Å². The largest absolute Gasteiger partial charge is 0.453 e. The molecule has 1 aliphatic heterocycles. The number of nitrogens with one attached hydrogen (secondary N) is 1. The highest BCUT2D eigenvalue weighted by atomic mass is 16.5. The molecular formula is C20H22N6O3. The fourth-order valence-corrected chi connectivity index (χ4v) is 3.70. The fourth-order valence-electron chi connectivity index (χ4n) is 3.70. The molecule has 9 nitrogen and oxygen atoms in total. The smallest absolute Gasteiger partial charge is 0.409 e. The second-order valence-electron chi connectivity index (χ2n) is 7.04. The summed E-state index contributed by atoms with van der Waals surface area (Å²) in [6.07, 6.45) is 4.73. The van der Waals surface area contributed by atoms with Gasteiger partial charge in [0.2, 0.25) is 0 Å². The molecule has 2 amide bonds. The SMILES string of the molecule is COC(=O)N1CCCC(NC(=O)c2nnn(-c3cccc4cnccc34)c2C)C1. The maximum atomic E-state index is 12.8. The van der Waals surface area contributed by atoms with Crippen LogP contribution < -0.4 is 5.32 Å². The number of methoxy groups -OCH3 is 1. The van der Waals surface area contributed by atoms with Gasteiger partial charge in [-0.15, -0.1) is 5.10 Å². The van der Waals surface area contributed by atoms with E-state index in [1.54, 1.807) is 22.0 Å². The lowest BCUT2D eigenvalue weighted by molar-refractivity contribution is 0.0860. The van der Waals surface area contributed by atoms with E-state index in [0.717, 1.165) is 29.3 Å². The van der Waals surface area contributed by atoms with Crippen LogP contribution in [0.5, 0.6) is 0 Å². The summed E-state index contributed by atoms with van der Waals surface area (Å²) in [5.74, 6) is -0.299. The molecule has 1 unspecified atom stereocenters. The van der Waals surface area contributed by atoms with Crippen molar-refractivity contribution in [2.75, 3.05) is 20.2 Å². The van der Waals surface area contributed by atoms with Crippen molar-refractivity contribution in [3.8, 4) is 5.69 Å². The van der Waals surface area contributed by atoms with Gasteiger partial charge in [0.1, 0.15) is 0 Å². The van der Waals surface area contributed by atoms with Crippen molar-refractivity contribution in [3.63, 3.8) is 0 Å². The molecular weight excluding hydrogens is 372 g/mol. The third-order valence-electron chi connectivity index (χ3n) is 5.18. The number of piperidine rings is 1. The molecule has 1 atom stereocenters. The molecule has 1 aromatic carbocycles. The lowest BCUT2D eigenvalue weighted by atomic mass is 10.1. The van der Waals surface area contributed by atoms with Gasteiger partial charge in [0.05, 0.1) is 18.5 Å². The zero-order chi connectivity index (χ0) is 20.4. The highest BCUT2D eigenvalue weighted by Crippen LogP contribution is 2.22. The summed E-state index contributed by atoms with van der Waals surface area (Å²) in [5, 5.41) is 13.3. The quantitative estimate of drug-likeness (QED) is 0.730. The molecule has 2 aromatic heterocycles. The van der Waals surface area contributed by atoms with Crippen LogP contribution in [0.2, 0.25) is 0 Å². The Kier molecular flexibility index (Phi) is 5.11. The minimum atomic E-state index is -0.378. The number of carbonyl (C=O) groups excluding carboxylic acids is 2. The predicted octanol–water partition coefficient (Wildman–Crippen LogP) is 2.08. The van der Waals surface area contributed by atoms with Gasteiger partial charge < -0.3 is 15.0 Å². The molecule has 3 aromatic rings. The number of ether oxygens (including phenoxy) is 1. The normalized spacial score (nSPS) is 16.6. The number of carbonyl (C=O) groups is 2. The van der Waals surface area contributed by atoms with Gasteiger partial charge in [0, 0.05) is 42.3 Å². The Bertz CT molecular complexity index is 1060. The number of likely N-dealkylation sites (tertiary alicyclic amines) is 1. The molecule has 29 heavy (non-hydrogen) atoms. The lowest BCUT2D eigenvalue weighted by Crippen LogP contribution is -2.49.